The molecule has 1 fully saturated rings. The van der Waals surface area contributed by atoms with Crippen LogP contribution in [0.2, 0.25) is 0 Å². The number of aliphatic carboxylic acids is 1. The Bertz CT molecular complexity index is 177. The van der Waals surface area contributed by atoms with Crippen LogP contribution in [0.1, 0.15) is 47.5 Å². The van der Waals surface area contributed by atoms with Crippen LogP contribution in [-0.2, 0) is 14.3 Å². The number of ether oxygens (including phenoxy) is 1. The Hall–Kier alpha value is -1.32. The van der Waals surface area contributed by atoms with Crippen molar-refractivity contribution in [3.8, 4) is 0 Å². The van der Waals surface area contributed by atoms with E-state index in [2.05, 4.69) is 11.3 Å². The lowest BCUT2D eigenvalue weighted by atomic mass is 10.4. The van der Waals surface area contributed by atoms with Crippen molar-refractivity contribution in [1.82, 2.24) is 0 Å². The molecule has 96 valence electrons. The van der Waals surface area contributed by atoms with Gasteiger partial charge in [-0.2, -0.15) is 0 Å². The fourth-order valence-corrected chi connectivity index (χ4v) is 0.475. The maximum atomic E-state index is 10.0. The Kier molecular flexibility index (Phi) is 20.3. The van der Waals surface area contributed by atoms with Gasteiger partial charge >= 0.3 is 11.9 Å². The second kappa shape index (κ2) is 16.1. The summed E-state index contributed by atoms with van der Waals surface area (Å²) >= 11 is 0. The predicted molar refractivity (Wildman–Crippen MR) is 65.3 cm³/mol. The Balaban J connectivity index is -0.000000162. The maximum Gasteiger partial charge on any atom is 0.330 e. The molecule has 1 saturated heterocycles. The van der Waals surface area contributed by atoms with Crippen LogP contribution in [-0.4, -0.2) is 23.7 Å². The number of carbonyl (C=O) groups excluding carboxylic acids is 1. The summed E-state index contributed by atoms with van der Waals surface area (Å²) in [6.45, 7) is 13.2. The van der Waals surface area contributed by atoms with Gasteiger partial charge in [-0.25, -0.2) is 4.79 Å². The molecule has 0 amide bonds. The first kappa shape index (κ1) is 20.1. The van der Waals surface area contributed by atoms with Gasteiger partial charge in [0.05, 0.1) is 6.61 Å². The lowest BCUT2D eigenvalue weighted by molar-refractivity contribution is -0.138. The number of esters is 1. The first-order valence-electron chi connectivity index (χ1n) is 5.58. The van der Waals surface area contributed by atoms with Gasteiger partial charge in [0.25, 0.3) is 0 Å². The van der Waals surface area contributed by atoms with Gasteiger partial charge in [-0.1, -0.05) is 34.3 Å². The Labute approximate surface area is 98.3 Å². The molecule has 1 aliphatic rings. The van der Waals surface area contributed by atoms with Crippen molar-refractivity contribution >= 4 is 11.9 Å². The lowest BCUT2D eigenvalue weighted by Gasteiger charge is -1.81. The number of hydrogen-bond donors (Lipinski definition) is 1. The minimum atomic E-state index is -0.935. The second-order valence-electron chi connectivity index (χ2n) is 2.41. The molecule has 0 atom stereocenters. The molecule has 0 aromatic rings. The Morgan fingerprint density at radius 1 is 1.31 bits per heavy atom. The summed E-state index contributed by atoms with van der Waals surface area (Å²) in [5.74, 6) is -0.981. The smallest absolute Gasteiger partial charge is 0.330 e. The minimum absolute atomic E-state index is 0.0463. The molecule has 4 heteroatoms. The van der Waals surface area contributed by atoms with E-state index in [0.717, 1.165) is 6.42 Å². The molecule has 16 heavy (non-hydrogen) atoms. The summed E-state index contributed by atoms with van der Waals surface area (Å²) in [5.41, 5.74) is 0.176. The highest BCUT2D eigenvalue weighted by molar-refractivity contribution is 5.84. The summed E-state index contributed by atoms with van der Waals surface area (Å²) < 4.78 is 4.51. The van der Waals surface area contributed by atoms with E-state index in [1.54, 1.807) is 0 Å². The van der Waals surface area contributed by atoms with E-state index in [0.29, 0.717) is 13.0 Å². The summed E-state index contributed by atoms with van der Waals surface area (Å²) in [6.07, 6.45) is 1.54. The fourth-order valence-electron chi connectivity index (χ4n) is 0.475. The van der Waals surface area contributed by atoms with Gasteiger partial charge in [-0.05, 0) is 13.3 Å². The molecule has 0 radical (unpaired) electrons. The van der Waals surface area contributed by atoms with Gasteiger partial charge in [-0.15, -0.1) is 0 Å². The molecular formula is C12H24O4. The van der Waals surface area contributed by atoms with Gasteiger partial charge in [0, 0.05) is 12.0 Å². The number of cyclic esters (lactones) is 1. The van der Waals surface area contributed by atoms with Gasteiger partial charge < -0.3 is 9.84 Å². The molecule has 1 aliphatic heterocycles. The molecule has 0 spiro atoms. The molecule has 0 aromatic heterocycles. The summed E-state index contributed by atoms with van der Waals surface area (Å²) in [5, 5.41) is 7.89. The molecule has 1 N–H and O–H groups in total. The number of carbonyl (C=O) groups is 2. The quantitative estimate of drug-likeness (QED) is 0.557. The fraction of sp³-hybridized carbons (Fsp3) is 0.667. The van der Waals surface area contributed by atoms with E-state index in [9.17, 15) is 9.59 Å². The Morgan fingerprint density at radius 2 is 1.69 bits per heavy atom. The number of carboxylic acid groups (broad SMARTS) is 1. The van der Waals surface area contributed by atoms with Crippen LogP contribution in [0, 0.1) is 0 Å². The average Bonchev–Trinajstić information content (AvgIpc) is 2.76. The van der Waals surface area contributed by atoms with Crippen LogP contribution in [0.4, 0.5) is 0 Å². The SMILES string of the molecule is C=C(C)C(=O)O.CC.CC.O=C1CCCO1. The molecular weight excluding hydrogens is 208 g/mol. The van der Waals surface area contributed by atoms with E-state index in [4.69, 9.17) is 5.11 Å². The van der Waals surface area contributed by atoms with Crippen molar-refractivity contribution in [3.63, 3.8) is 0 Å². The summed E-state index contributed by atoms with van der Waals surface area (Å²) in [4.78, 5) is 19.6. The standard InChI is InChI=1S/2C4H6O2.2C2H6/c5-4-2-1-3-6-4;1-3(2)4(5)6;2*1-2/h1-3H2;1H2,2H3,(H,5,6);2*1-2H3. The van der Waals surface area contributed by atoms with Gasteiger partial charge in [0.15, 0.2) is 0 Å². The third-order valence-electron chi connectivity index (χ3n) is 1.15. The zero-order chi connectivity index (χ0) is 13.6. The van der Waals surface area contributed by atoms with E-state index in [1.165, 1.54) is 6.92 Å². The van der Waals surface area contributed by atoms with E-state index in [1.807, 2.05) is 27.7 Å². The Morgan fingerprint density at radius 3 is 1.75 bits per heavy atom. The molecule has 0 bridgehead atoms. The molecule has 1 rings (SSSR count). The van der Waals surface area contributed by atoms with Gasteiger partial charge in [0.2, 0.25) is 0 Å². The minimum Gasteiger partial charge on any atom is -0.478 e. The van der Waals surface area contributed by atoms with Crippen molar-refractivity contribution < 1.29 is 19.4 Å². The lowest BCUT2D eigenvalue weighted by Crippen LogP contribution is -1.92. The van der Waals surface area contributed by atoms with Gasteiger partial charge in [-0.3, -0.25) is 4.79 Å². The van der Waals surface area contributed by atoms with Gasteiger partial charge in [0.1, 0.15) is 0 Å². The number of rotatable bonds is 1. The van der Waals surface area contributed by atoms with Crippen molar-refractivity contribution in [2.24, 2.45) is 0 Å². The van der Waals surface area contributed by atoms with Crippen LogP contribution < -0.4 is 0 Å². The topological polar surface area (TPSA) is 63.6 Å². The highest BCUT2D eigenvalue weighted by Gasteiger charge is 2.08. The van der Waals surface area contributed by atoms with E-state index >= 15 is 0 Å². The van der Waals surface area contributed by atoms with E-state index < -0.39 is 5.97 Å². The largest absolute Gasteiger partial charge is 0.478 e. The number of carboxylic acids is 1. The van der Waals surface area contributed by atoms with Crippen molar-refractivity contribution in [2.45, 2.75) is 47.5 Å². The zero-order valence-corrected chi connectivity index (χ0v) is 11.0. The van der Waals surface area contributed by atoms with Crippen LogP contribution in [0.3, 0.4) is 0 Å². The highest BCUT2D eigenvalue weighted by Crippen LogP contribution is 2.01. The normalized spacial score (nSPS) is 11.4. The molecule has 0 aromatic carbocycles. The van der Waals surface area contributed by atoms with E-state index in [-0.39, 0.29) is 11.5 Å². The van der Waals surface area contributed by atoms with Crippen molar-refractivity contribution in [1.29, 1.82) is 0 Å². The molecule has 4 nitrogen and oxygen atoms in total. The zero-order valence-electron chi connectivity index (χ0n) is 11.0. The van der Waals surface area contributed by atoms with Crippen LogP contribution >= 0.6 is 0 Å². The second-order valence-corrected chi connectivity index (χ2v) is 2.41. The third-order valence-corrected chi connectivity index (χ3v) is 1.15. The first-order valence-corrected chi connectivity index (χ1v) is 5.58. The van der Waals surface area contributed by atoms with Crippen LogP contribution in [0.15, 0.2) is 12.2 Å². The van der Waals surface area contributed by atoms with Crippen molar-refractivity contribution in [3.05, 3.63) is 12.2 Å². The molecule has 0 saturated carbocycles. The monoisotopic (exact) mass is 232 g/mol. The summed E-state index contributed by atoms with van der Waals surface area (Å²) in [6, 6.07) is 0. The highest BCUT2D eigenvalue weighted by atomic mass is 16.5. The predicted octanol–water partition coefficient (Wildman–Crippen LogP) is 3.02. The number of hydrogen-bond acceptors (Lipinski definition) is 3. The molecule has 0 unspecified atom stereocenters. The van der Waals surface area contributed by atoms with Crippen molar-refractivity contribution in [2.75, 3.05) is 6.61 Å². The average molecular weight is 232 g/mol. The van der Waals surface area contributed by atoms with Crippen LogP contribution in [0.5, 0.6) is 0 Å². The van der Waals surface area contributed by atoms with Crippen LogP contribution in [0.25, 0.3) is 0 Å². The maximum absolute atomic E-state index is 10.0. The summed E-state index contributed by atoms with van der Waals surface area (Å²) in [7, 11) is 0. The first-order chi connectivity index (χ1) is 7.54. The molecule has 1 heterocycles. The third kappa shape index (κ3) is 18.5. The molecule has 0 aliphatic carbocycles.